The van der Waals surface area contributed by atoms with Gasteiger partial charge in [0.1, 0.15) is 6.29 Å². The van der Waals surface area contributed by atoms with Crippen LogP contribution in [0.4, 0.5) is 0 Å². The van der Waals surface area contributed by atoms with Crippen LogP contribution in [0.1, 0.15) is 31.4 Å². The molecule has 0 aliphatic heterocycles. The number of carbonyl (C=O) groups excluding carboxylic acids is 1. The Kier molecular flexibility index (Phi) is 6.41. The first kappa shape index (κ1) is 19.3. The van der Waals surface area contributed by atoms with Crippen LogP contribution < -0.4 is 5.32 Å². The highest BCUT2D eigenvalue weighted by molar-refractivity contribution is 5.90. The summed E-state index contributed by atoms with van der Waals surface area (Å²) in [4.78, 5) is 12.4. The van der Waals surface area contributed by atoms with E-state index in [-0.39, 0.29) is 5.92 Å². The second kappa shape index (κ2) is 8.96. The number of hydrogen-bond acceptors (Lipinski definition) is 2. The van der Waals surface area contributed by atoms with E-state index in [1.807, 2.05) is 6.07 Å². The van der Waals surface area contributed by atoms with E-state index in [0.717, 1.165) is 31.5 Å². The van der Waals surface area contributed by atoms with Crippen LogP contribution in [0.2, 0.25) is 0 Å². The highest BCUT2D eigenvalue weighted by atomic mass is 16.1. The van der Waals surface area contributed by atoms with Gasteiger partial charge in [0.25, 0.3) is 0 Å². The van der Waals surface area contributed by atoms with Crippen molar-refractivity contribution in [3.05, 3.63) is 83.9 Å². The van der Waals surface area contributed by atoms with Crippen LogP contribution in [0.25, 0.3) is 10.8 Å². The Morgan fingerprint density at radius 1 is 0.889 bits per heavy atom. The molecule has 3 rings (SSSR count). The summed E-state index contributed by atoms with van der Waals surface area (Å²) in [5.74, 6) is 0.233. The number of fused-ring (bicyclic) bond motifs is 1. The summed E-state index contributed by atoms with van der Waals surface area (Å²) in [7, 11) is 0. The Bertz CT molecular complexity index is 866. The highest BCUT2D eigenvalue weighted by Gasteiger charge is 2.36. The minimum atomic E-state index is -0.472. The third kappa shape index (κ3) is 4.28. The lowest BCUT2D eigenvalue weighted by Gasteiger charge is -2.34. The van der Waals surface area contributed by atoms with Crippen molar-refractivity contribution in [2.75, 3.05) is 13.1 Å². The molecule has 140 valence electrons. The van der Waals surface area contributed by atoms with Crippen LogP contribution in [0.5, 0.6) is 0 Å². The predicted molar refractivity (Wildman–Crippen MR) is 114 cm³/mol. The van der Waals surface area contributed by atoms with Gasteiger partial charge in [0, 0.05) is 0 Å². The van der Waals surface area contributed by atoms with Gasteiger partial charge in [-0.15, -0.1) is 0 Å². The van der Waals surface area contributed by atoms with Crippen molar-refractivity contribution >= 4 is 17.1 Å². The third-order valence-corrected chi connectivity index (χ3v) is 5.68. The molecule has 0 spiro atoms. The first-order chi connectivity index (χ1) is 13.2. The Morgan fingerprint density at radius 3 is 2.33 bits per heavy atom. The van der Waals surface area contributed by atoms with Crippen LogP contribution in [0.15, 0.2) is 72.8 Å². The van der Waals surface area contributed by atoms with E-state index < -0.39 is 5.41 Å². The molecular formula is C25H29NO. The maximum atomic E-state index is 12.4. The highest BCUT2D eigenvalue weighted by Crippen LogP contribution is 2.37. The summed E-state index contributed by atoms with van der Waals surface area (Å²) in [6.07, 6.45) is 2.99. The predicted octanol–water partition coefficient (Wildman–Crippen LogP) is 5.15. The van der Waals surface area contributed by atoms with Gasteiger partial charge < -0.3 is 10.1 Å². The van der Waals surface area contributed by atoms with Crippen molar-refractivity contribution in [3.63, 3.8) is 0 Å². The van der Waals surface area contributed by atoms with Gasteiger partial charge in [-0.25, -0.2) is 0 Å². The normalized spacial score (nSPS) is 13.6. The van der Waals surface area contributed by atoms with Crippen molar-refractivity contribution in [1.29, 1.82) is 0 Å². The number of hydrogen-bond donors (Lipinski definition) is 1. The van der Waals surface area contributed by atoms with Crippen LogP contribution in [0.3, 0.4) is 0 Å². The molecule has 1 atom stereocenters. The lowest BCUT2D eigenvalue weighted by atomic mass is 9.69. The standard InChI is InChI=1S/C25H29NO/c1-20(2)25(19-27,16-18-26-17-15-21-9-4-3-5-10-21)24-14-8-12-22-11-6-7-13-23(22)24/h3-14,19-20,26H,15-18H2,1-2H3. The van der Waals surface area contributed by atoms with Gasteiger partial charge in [0.15, 0.2) is 0 Å². The van der Waals surface area contributed by atoms with Gasteiger partial charge in [0.2, 0.25) is 0 Å². The quantitative estimate of drug-likeness (QED) is 0.423. The first-order valence-corrected chi connectivity index (χ1v) is 9.86. The zero-order chi connectivity index (χ0) is 19.1. The summed E-state index contributed by atoms with van der Waals surface area (Å²) < 4.78 is 0. The first-order valence-electron chi connectivity index (χ1n) is 9.86. The van der Waals surface area contributed by atoms with Crippen LogP contribution in [-0.2, 0) is 16.6 Å². The lowest BCUT2D eigenvalue weighted by Crippen LogP contribution is -2.38. The minimum absolute atomic E-state index is 0.233. The Labute approximate surface area is 162 Å². The Balaban J connectivity index is 1.74. The van der Waals surface area contributed by atoms with Gasteiger partial charge in [0.05, 0.1) is 5.41 Å². The monoisotopic (exact) mass is 359 g/mol. The topological polar surface area (TPSA) is 29.1 Å². The van der Waals surface area contributed by atoms with Gasteiger partial charge in [-0.3, -0.25) is 0 Å². The molecule has 0 fully saturated rings. The van der Waals surface area contributed by atoms with E-state index in [0.29, 0.717) is 0 Å². The van der Waals surface area contributed by atoms with E-state index in [4.69, 9.17) is 0 Å². The summed E-state index contributed by atoms with van der Waals surface area (Å²) in [6.45, 7) is 6.06. The second-order valence-electron chi connectivity index (χ2n) is 7.58. The van der Waals surface area contributed by atoms with Crippen molar-refractivity contribution in [3.8, 4) is 0 Å². The second-order valence-corrected chi connectivity index (χ2v) is 7.58. The van der Waals surface area contributed by atoms with Gasteiger partial charge in [-0.1, -0.05) is 86.6 Å². The maximum absolute atomic E-state index is 12.4. The van der Waals surface area contributed by atoms with Crippen molar-refractivity contribution in [2.24, 2.45) is 5.92 Å². The summed E-state index contributed by atoms with van der Waals surface area (Å²) in [6, 6.07) is 25.2. The molecule has 0 heterocycles. The van der Waals surface area contributed by atoms with E-state index in [2.05, 4.69) is 85.9 Å². The molecule has 27 heavy (non-hydrogen) atoms. The number of aldehydes is 1. The minimum Gasteiger partial charge on any atom is -0.316 e. The van der Waals surface area contributed by atoms with Crippen molar-refractivity contribution in [1.82, 2.24) is 5.32 Å². The molecule has 1 unspecified atom stereocenters. The zero-order valence-corrected chi connectivity index (χ0v) is 16.3. The fraction of sp³-hybridized carbons (Fsp3) is 0.320. The molecule has 0 radical (unpaired) electrons. The molecule has 1 N–H and O–H groups in total. The van der Waals surface area contributed by atoms with Crippen molar-refractivity contribution < 1.29 is 4.79 Å². The summed E-state index contributed by atoms with van der Waals surface area (Å²) in [5.41, 5.74) is 2.01. The zero-order valence-electron chi connectivity index (χ0n) is 16.3. The van der Waals surface area contributed by atoms with Gasteiger partial charge in [-0.05, 0) is 53.7 Å². The van der Waals surface area contributed by atoms with E-state index in [1.54, 1.807) is 0 Å². The summed E-state index contributed by atoms with van der Waals surface area (Å²) in [5, 5.41) is 5.92. The van der Waals surface area contributed by atoms with Crippen molar-refractivity contribution in [2.45, 2.75) is 32.1 Å². The largest absolute Gasteiger partial charge is 0.316 e. The molecule has 0 aromatic heterocycles. The van der Waals surface area contributed by atoms with E-state index in [9.17, 15) is 4.79 Å². The van der Waals surface area contributed by atoms with Crippen LogP contribution >= 0.6 is 0 Å². The summed E-state index contributed by atoms with van der Waals surface area (Å²) >= 11 is 0. The number of carbonyl (C=O) groups is 1. The molecule has 0 amide bonds. The fourth-order valence-corrected chi connectivity index (χ4v) is 3.92. The molecule has 3 aromatic carbocycles. The molecule has 0 saturated carbocycles. The molecule has 2 nitrogen and oxygen atoms in total. The van der Waals surface area contributed by atoms with Gasteiger partial charge in [-0.2, -0.15) is 0 Å². The lowest BCUT2D eigenvalue weighted by molar-refractivity contribution is -0.114. The van der Waals surface area contributed by atoms with Crippen LogP contribution in [-0.4, -0.2) is 19.4 Å². The molecule has 0 aliphatic rings. The maximum Gasteiger partial charge on any atom is 0.130 e. The third-order valence-electron chi connectivity index (χ3n) is 5.68. The molecule has 3 aromatic rings. The SMILES string of the molecule is CC(C)C(C=O)(CCNCCc1ccccc1)c1cccc2ccccc12. The average molecular weight is 360 g/mol. The smallest absolute Gasteiger partial charge is 0.130 e. The fourth-order valence-electron chi connectivity index (χ4n) is 3.92. The molecule has 2 heteroatoms. The Morgan fingerprint density at radius 2 is 1.59 bits per heavy atom. The Hall–Kier alpha value is -2.45. The molecule has 0 bridgehead atoms. The van der Waals surface area contributed by atoms with E-state index >= 15 is 0 Å². The molecular weight excluding hydrogens is 330 g/mol. The number of rotatable bonds is 9. The number of benzene rings is 3. The van der Waals surface area contributed by atoms with E-state index in [1.165, 1.54) is 22.6 Å². The number of nitrogens with one attached hydrogen (secondary N) is 1. The molecule has 0 aliphatic carbocycles. The molecule has 0 saturated heterocycles. The average Bonchev–Trinajstić information content (AvgIpc) is 2.71. The van der Waals surface area contributed by atoms with Crippen LogP contribution in [0, 0.1) is 5.92 Å². The van der Waals surface area contributed by atoms with Gasteiger partial charge >= 0.3 is 0 Å².